The minimum atomic E-state index is -0.225. The number of hydrogen-bond donors (Lipinski definition) is 2. The summed E-state index contributed by atoms with van der Waals surface area (Å²) in [6, 6.07) is 9.65. The number of carbonyl (C=O) groups excluding carboxylic acids is 1. The van der Waals surface area contributed by atoms with E-state index in [4.69, 9.17) is 10.5 Å². The fourth-order valence-corrected chi connectivity index (χ4v) is 2.36. The second kappa shape index (κ2) is 8.25. The van der Waals surface area contributed by atoms with E-state index in [2.05, 4.69) is 5.32 Å². The Morgan fingerprint density at radius 2 is 2.05 bits per heavy atom. The number of para-hydroxylation sites is 1. The van der Waals surface area contributed by atoms with Crippen LogP contribution in [0.15, 0.2) is 30.3 Å². The normalized spacial score (nSPS) is 16.5. The molecule has 0 radical (unpaired) electrons. The molecule has 1 aliphatic rings. The molecule has 3 N–H and O–H groups in total. The molecule has 0 spiro atoms. The molecular weight excluding hydrogens is 288 g/mol. The van der Waals surface area contributed by atoms with Gasteiger partial charge in [-0.25, -0.2) is 0 Å². The summed E-state index contributed by atoms with van der Waals surface area (Å²) in [5, 5.41) is 3.08. The Bertz CT molecular complexity index is 437. The van der Waals surface area contributed by atoms with Gasteiger partial charge in [-0.2, -0.15) is 0 Å². The van der Waals surface area contributed by atoms with Gasteiger partial charge in [-0.1, -0.05) is 18.2 Å². The lowest BCUT2D eigenvalue weighted by Gasteiger charge is -2.29. The Labute approximate surface area is 132 Å². The summed E-state index contributed by atoms with van der Waals surface area (Å²) < 4.78 is 5.57. The number of rotatable bonds is 8. The summed E-state index contributed by atoms with van der Waals surface area (Å²) in [6.07, 6.45) is 3.54. The molecule has 2 rings (SSSR count). The molecule has 4 nitrogen and oxygen atoms in total. The van der Waals surface area contributed by atoms with E-state index in [1.54, 1.807) is 0 Å². The van der Waals surface area contributed by atoms with Crippen molar-refractivity contribution in [1.29, 1.82) is 0 Å². The largest absolute Gasteiger partial charge is 0.494 e. The first-order valence-corrected chi connectivity index (χ1v) is 7.33. The number of nitrogens with two attached hydrogens (primary N) is 1. The fraction of sp³-hybridized carbons (Fsp3) is 0.562. The van der Waals surface area contributed by atoms with Gasteiger partial charge < -0.3 is 15.8 Å². The minimum absolute atomic E-state index is 0. The van der Waals surface area contributed by atoms with Crippen LogP contribution in [0.25, 0.3) is 0 Å². The highest BCUT2D eigenvalue weighted by Crippen LogP contribution is 2.38. The Balaban J connectivity index is 0.00000220. The van der Waals surface area contributed by atoms with Gasteiger partial charge >= 0.3 is 0 Å². The number of hydrogen-bond acceptors (Lipinski definition) is 3. The molecule has 0 heterocycles. The first-order chi connectivity index (χ1) is 9.64. The Hall–Kier alpha value is -1.26. The van der Waals surface area contributed by atoms with Gasteiger partial charge in [-0.05, 0) is 44.2 Å². The van der Waals surface area contributed by atoms with Crippen LogP contribution in [-0.2, 0) is 4.79 Å². The van der Waals surface area contributed by atoms with E-state index in [0.29, 0.717) is 31.9 Å². The lowest BCUT2D eigenvalue weighted by atomic mass is 9.95. The minimum Gasteiger partial charge on any atom is -0.494 e. The van der Waals surface area contributed by atoms with E-state index < -0.39 is 0 Å². The number of benzene rings is 1. The zero-order chi connectivity index (χ0) is 14.4. The first-order valence-electron chi connectivity index (χ1n) is 7.33. The molecule has 1 aromatic rings. The molecule has 1 atom stereocenters. The molecule has 1 fully saturated rings. The van der Waals surface area contributed by atoms with Crippen LogP contribution in [0.4, 0.5) is 0 Å². The maximum Gasteiger partial charge on any atom is 0.220 e. The van der Waals surface area contributed by atoms with Crippen molar-refractivity contribution in [2.75, 3.05) is 13.2 Å². The van der Waals surface area contributed by atoms with Crippen LogP contribution in [0, 0.1) is 5.92 Å². The molecule has 5 heteroatoms. The van der Waals surface area contributed by atoms with Crippen LogP contribution in [0.5, 0.6) is 5.75 Å². The lowest BCUT2D eigenvalue weighted by Crippen LogP contribution is -2.53. The van der Waals surface area contributed by atoms with Gasteiger partial charge in [-0.15, -0.1) is 12.4 Å². The zero-order valence-electron chi connectivity index (χ0n) is 12.5. The van der Waals surface area contributed by atoms with Crippen LogP contribution in [0.1, 0.15) is 32.6 Å². The molecular formula is C16H25ClN2O2. The quantitative estimate of drug-likeness (QED) is 0.725. The van der Waals surface area contributed by atoms with Gasteiger partial charge in [0.15, 0.2) is 0 Å². The van der Waals surface area contributed by atoms with Crippen molar-refractivity contribution >= 4 is 18.3 Å². The molecule has 0 saturated heterocycles. The van der Waals surface area contributed by atoms with Crippen LogP contribution in [-0.4, -0.2) is 24.6 Å². The average molecular weight is 313 g/mol. The number of nitrogens with one attached hydrogen (secondary N) is 1. The van der Waals surface area contributed by atoms with Crippen molar-refractivity contribution in [3.8, 4) is 5.75 Å². The number of carbonyl (C=O) groups is 1. The van der Waals surface area contributed by atoms with E-state index in [0.717, 1.165) is 5.75 Å². The molecule has 1 amide bonds. The molecule has 118 valence electrons. The summed E-state index contributed by atoms with van der Waals surface area (Å²) in [5.41, 5.74) is 5.56. The summed E-state index contributed by atoms with van der Waals surface area (Å²) in [7, 11) is 0. The number of halogens is 1. The molecule has 0 aromatic heterocycles. The molecule has 1 saturated carbocycles. The van der Waals surface area contributed by atoms with Gasteiger partial charge in [0.25, 0.3) is 0 Å². The van der Waals surface area contributed by atoms with Crippen LogP contribution in [0.2, 0.25) is 0 Å². The predicted molar refractivity (Wildman–Crippen MR) is 86.7 cm³/mol. The summed E-state index contributed by atoms with van der Waals surface area (Å²) >= 11 is 0. The Morgan fingerprint density at radius 1 is 1.38 bits per heavy atom. The zero-order valence-corrected chi connectivity index (χ0v) is 13.3. The number of amides is 1. The van der Waals surface area contributed by atoms with Crippen LogP contribution >= 0.6 is 12.4 Å². The van der Waals surface area contributed by atoms with Gasteiger partial charge in [0.05, 0.1) is 12.1 Å². The summed E-state index contributed by atoms with van der Waals surface area (Å²) in [4.78, 5) is 11.9. The maximum atomic E-state index is 11.9. The number of ether oxygens (including phenoxy) is 1. The van der Waals surface area contributed by atoms with E-state index in [1.165, 1.54) is 12.8 Å². The molecule has 1 aliphatic carbocycles. The van der Waals surface area contributed by atoms with Crippen molar-refractivity contribution < 1.29 is 9.53 Å². The first kappa shape index (κ1) is 17.8. The van der Waals surface area contributed by atoms with Gasteiger partial charge in [0, 0.05) is 13.0 Å². The standard InChI is InChI=1S/C16H24N2O2.ClH/c1-16(12-17,13-9-10-13)18-15(19)8-5-11-20-14-6-3-2-4-7-14;/h2-4,6-7,13H,5,8-12,17H2,1H3,(H,18,19);1H. The van der Waals surface area contributed by atoms with Crippen molar-refractivity contribution in [3.63, 3.8) is 0 Å². The van der Waals surface area contributed by atoms with Gasteiger partial charge in [-0.3, -0.25) is 4.79 Å². The smallest absolute Gasteiger partial charge is 0.220 e. The summed E-state index contributed by atoms with van der Waals surface area (Å²) in [6.45, 7) is 3.10. The second-order valence-corrected chi connectivity index (χ2v) is 5.71. The average Bonchev–Trinajstić information content (AvgIpc) is 3.29. The molecule has 21 heavy (non-hydrogen) atoms. The molecule has 0 bridgehead atoms. The highest BCUT2D eigenvalue weighted by Gasteiger charge is 2.41. The van der Waals surface area contributed by atoms with Gasteiger partial charge in [0.2, 0.25) is 5.91 Å². The molecule has 1 unspecified atom stereocenters. The monoisotopic (exact) mass is 312 g/mol. The van der Waals surface area contributed by atoms with Gasteiger partial charge in [0.1, 0.15) is 5.75 Å². The predicted octanol–water partition coefficient (Wildman–Crippen LogP) is 2.51. The summed E-state index contributed by atoms with van der Waals surface area (Å²) in [5.74, 6) is 1.47. The third kappa shape index (κ3) is 5.56. The highest BCUT2D eigenvalue weighted by molar-refractivity contribution is 5.85. The van der Waals surface area contributed by atoms with Crippen molar-refractivity contribution in [1.82, 2.24) is 5.32 Å². The molecule has 0 aliphatic heterocycles. The van der Waals surface area contributed by atoms with Crippen molar-refractivity contribution in [2.45, 2.75) is 38.1 Å². The lowest BCUT2D eigenvalue weighted by molar-refractivity contribution is -0.123. The van der Waals surface area contributed by atoms with E-state index in [9.17, 15) is 4.79 Å². The fourth-order valence-electron chi connectivity index (χ4n) is 2.36. The van der Waals surface area contributed by atoms with Crippen molar-refractivity contribution in [2.24, 2.45) is 11.7 Å². The van der Waals surface area contributed by atoms with E-state index >= 15 is 0 Å². The molecule has 1 aromatic carbocycles. The highest BCUT2D eigenvalue weighted by atomic mass is 35.5. The maximum absolute atomic E-state index is 11.9. The third-order valence-electron chi connectivity index (χ3n) is 3.89. The van der Waals surface area contributed by atoms with Crippen molar-refractivity contribution in [3.05, 3.63) is 30.3 Å². The third-order valence-corrected chi connectivity index (χ3v) is 3.89. The topological polar surface area (TPSA) is 64.3 Å². The Morgan fingerprint density at radius 3 is 2.62 bits per heavy atom. The van der Waals surface area contributed by atoms with E-state index in [-0.39, 0.29) is 23.9 Å². The Kier molecular flexibility index (Phi) is 6.99. The SMILES string of the molecule is CC(CN)(NC(=O)CCCOc1ccccc1)C1CC1.Cl. The van der Waals surface area contributed by atoms with Crippen LogP contribution < -0.4 is 15.8 Å². The van der Waals surface area contributed by atoms with E-state index in [1.807, 2.05) is 37.3 Å². The van der Waals surface area contributed by atoms with Crippen LogP contribution in [0.3, 0.4) is 0 Å². The second-order valence-electron chi connectivity index (χ2n) is 5.71.